The number of carbonyl (C=O) groups is 1. The van der Waals surface area contributed by atoms with Gasteiger partial charge in [-0.1, -0.05) is 36.9 Å². The lowest BCUT2D eigenvalue weighted by Crippen LogP contribution is -2.16. The molecule has 1 amide bonds. The Balaban J connectivity index is 1.59. The minimum Gasteiger partial charge on any atom is -0.295 e. The van der Waals surface area contributed by atoms with E-state index in [1.54, 1.807) is 23.6 Å². The second kappa shape index (κ2) is 8.50. The Bertz CT molecular complexity index is 1020. The Morgan fingerprint density at radius 2 is 2.04 bits per heavy atom. The van der Waals surface area contributed by atoms with E-state index in [0.29, 0.717) is 10.9 Å². The molecule has 142 valence electrons. The first-order valence-corrected chi connectivity index (χ1v) is 11.2. The number of nitrogens with one attached hydrogen (secondary N) is 3. The molecule has 9 nitrogen and oxygen atoms in total. The van der Waals surface area contributed by atoms with Crippen LogP contribution in [0, 0.1) is 0 Å². The number of hydrogen-bond acceptors (Lipinski definition) is 8. The van der Waals surface area contributed by atoms with Crippen molar-refractivity contribution in [3.63, 3.8) is 0 Å². The van der Waals surface area contributed by atoms with Crippen LogP contribution in [0.15, 0.2) is 45.8 Å². The molecule has 12 heteroatoms. The van der Waals surface area contributed by atoms with Gasteiger partial charge in [-0.05, 0) is 17.9 Å². The highest BCUT2D eigenvalue weighted by molar-refractivity contribution is 7.99. The molecule has 2 heterocycles. The minimum absolute atomic E-state index is 0.0134. The Kier molecular flexibility index (Phi) is 6.08. The van der Waals surface area contributed by atoms with E-state index in [1.807, 2.05) is 6.92 Å². The van der Waals surface area contributed by atoms with E-state index in [9.17, 15) is 13.2 Å². The molecule has 0 saturated carbocycles. The first kappa shape index (κ1) is 19.3. The molecule has 0 fully saturated rings. The molecule has 0 aliphatic heterocycles. The van der Waals surface area contributed by atoms with E-state index in [-0.39, 0.29) is 28.3 Å². The summed E-state index contributed by atoms with van der Waals surface area (Å²) < 4.78 is 27.0. The molecule has 3 N–H and O–H groups in total. The van der Waals surface area contributed by atoms with E-state index >= 15 is 0 Å². The standard InChI is InChI=1S/C15H16N6O3S3/c1-2-25-14-18-13(19-20-14)17-12(22)8-10-9-26-15(16-10)21-27(23,24)11-6-4-3-5-7-11/h3-7,9H,2,8H2,1H3,(H,16,21)(H2,17,18,19,20,22). The van der Waals surface area contributed by atoms with Crippen LogP contribution in [0.5, 0.6) is 0 Å². The van der Waals surface area contributed by atoms with Gasteiger partial charge in [0, 0.05) is 5.38 Å². The van der Waals surface area contributed by atoms with Crippen molar-refractivity contribution >= 4 is 50.1 Å². The molecule has 0 radical (unpaired) electrons. The van der Waals surface area contributed by atoms with Crippen LogP contribution >= 0.6 is 23.1 Å². The van der Waals surface area contributed by atoms with Crippen molar-refractivity contribution in [2.45, 2.75) is 23.4 Å². The number of sulfonamides is 1. The fourth-order valence-corrected chi connectivity index (χ4v) is 4.55. The molecule has 0 bridgehead atoms. The number of aromatic nitrogens is 4. The van der Waals surface area contributed by atoms with Gasteiger partial charge in [-0.2, -0.15) is 4.98 Å². The fourth-order valence-electron chi connectivity index (χ4n) is 2.05. The molecule has 0 atom stereocenters. The third-order valence-corrected chi connectivity index (χ3v) is 6.18. The van der Waals surface area contributed by atoms with Gasteiger partial charge in [-0.25, -0.2) is 18.5 Å². The first-order valence-electron chi connectivity index (χ1n) is 7.83. The smallest absolute Gasteiger partial charge is 0.263 e. The topological polar surface area (TPSA) is 130 Å². The molecule has 27 heavy (non-hydrogen) atoms. The zero-order chi connectivity index (χ0) is 19.3. The van der Waals surface area contributed by atoms with E-state index in [1.165, 1.54) is 23.9 Å². The third-order valence-electron chi connectivity index (χ3n) is 3.16. The maximum Gasteiger partial charge on any atom is 0.263 e. The van der Waals surface area contributed by atoms with Crippen LogP contribution in [0.4, 0.5) is 11.1 Å². The molecular weight excluding hydrogens is 408 g/mol. The monoisotopic (exact) mass is 424 g/mol. The maximum absolute atomic E-state index is 12.3. The molecule has 0 spiro atoms. The van der Waals surface area contributed by atoms with Crippen LogP contribution in [0.3, 0.4) is 0 Å². The number of hydrogen-bond donors (Lipinski definition) is 3. The number of benzene rings is 1. The molecule has 0 aliphatic carbocycles. The van der Waals surface area contributed by atoms with Gasteiger partial charge in [0.25, 0.3) is 10.0 Å². The Morgan fingerprint density at radius 3 is 2.78 bits per heavy atom. The molecule has 2 aromatic heterocycles. The zero-order valence-corrected chi connectivity index (χ0v) is 16.6. The van der Waals surface area contributed by atoms with E-state index in [0.717, 1.165) is 17.1 Å². The van der Waals surface area contributed by atoms with Gasteiger partial charge in [0.1, 0.15) is 0 Å². The van der Waals surface area contributed by atoms with Crippen molar-refractivity contribution in [2.75, 3.05) is 15.8 Å². The summed E-state index contributed by atoms with van der Waals surface area (Å²) in [6.07, 6.45) is -0.0134. The summed E-state index contributed by atoms with van der Waals surface area (Å²) in [5.41, 5.74) is 0.450. The molecule has 0 aliphatic rings. The lowest BCUT2D eigenvalue weighted by atomic mass is 10.3. The number of carbonyl (C=O) groups excluding carboxylic acids is 1. The van der Waals surface area contributed by atoms with Gasteiger partial charge in [-0.3, -0.25) is 14.8 Å². The van der Waals surface area contributed by atoms with Gasteiger partial charge in [0.2, 0.25) is 17.0 Å². The predicted octanol–water partition coefficient (Wildman–Crippen LogP) is 2.36. The van der Waals surface area contributed by atoms with Crippen LogP contribution in [-0.2, 0) is 21.2 Å². The summed E-state index contributed by atoms with van der Waals surface area (Å²) in [5, 5.41) is 11.6. The number of H-pyrrole nitrogens is 1. The van der Waals surface area contributed by atoms with Crippen molar-refractivity contribution in [2.24, 2.45) is 0 Å². The van der Waals surface area contributed by atoms with Gasteiger partial charge >= 0.3 is 0 Å². The lowest BCUT2D eigenvalue weighted by Gasteiger charge is -2.04. The van der Waals surface area contributed by atoms with Gasteiger partial charge in [0.15, 0.2) is 5.13 Å². The molecule has 3 rings (SSSR count). The SMILES string of the molecule is CCSc1n[nH]c(NC(=O)Cc2csc(NS(=O)(=O)c3ccccc3)n2)n1. The highest BCUT2D eigenvalue weighted by Crippen LogP contribution is 2.20. The Labute approximate surface area is 164 Å². The van der Waals surface area contributed by atoms with Crippen LogP contribution in [0.25, 0.3) is 0 Å². The summed E-state index contributed by atoms with van der Waals surface area (Å²) in [5.74, 6) is 0.754. The van der Waals surface area contributed by atoms with Crippen LogP contribution < -0.4 is 10.0 Å². The summed E-state index contributed by atoms with van der Waals surface area (Å²) in [6.45, 7) is 1.98. The normalized spacial score (nSPS) is 11.3. The van der Waals surface area contributed by atoms with Crippen molar-refractivity contribution in [1.82, 2.24) is 20.2 Å². The van der Waals surface area contributed by atoms with Crippen LogP contribution in [-0.4, -0.2) is 40.2 Å². The number of anilines is 2. The average molecular weight is 425 g/mol. The number of nitrogens with zero attached hydrogens (tertiary/aromatic N) is 3. The summed E-state index contributed by atoms with van der Waals surface area (Å²) >= 11 is 2.56. The number of thioether (sulfide) groups is 1. The van der Waals surface area contributed by atoms with Crippen molar-refractivity contribution < 1.29 is 13.2 Å². The second-order valence-corrected chi connectivity index (χ2v) is 8.96. The molecular formula is C15H16N6O3S3. The first-order chi connectivity index (χ1) is 13.0. The number of aromatic amines is 1. The van der Waals surface area contributed by atoms with E-state index < -0.39 is 10.0 Å². The molecule has 0 unspecified atom stereocenters. The molecule has 3 aromatic rings. The minimum atomic E-state index is -3.71. The van der Waals surface area contributed by atoms with Crippen LogP contribution in [0.2, 0.25) is 0 Å². The van der Waals surface area contributed by atoms with E-state index in [4.69, 9.17) is 0 Å². The number of amides is 1. The average Bonchev–Trinajstić information content (AvgIpc) is 3.25. The second-order valence-electron chi connectivity index (χ2n) is 5.19. The van der Waals surface area contributed by atoms with Gasteiger partial charge in [-0.15, -0.1) is 16.4 Å². The van der Waals surface area contributed by atoms with Crippen molar-refractivity contribution in [3.05, 3.63) is 41.4 Å². The molecule has 0 saturated heterocycles. The largest absolute Gasteiger partial charge is 0.295 e. The highest BCUT2D eigenvalue weighted by atomic mass is 32.2. The fraction of sp³-hybridized carbons (Fsp3) is 0.200. The number of thiazole rings is 1. The molecule has 1 aromatic carbocycles. The van der Waals surface area contributed by atoms with E-state index in [2.05, 4.69) is 30.2 Å². The lowest BCUT2D eigenvalue weighted by molar-refractivity contribution is -0.115. The number of rotatable bonds is 8. The maximum atomic E-state index is 12.3. The summed E-state index contributed by atoms with van der Waals surface area (Å²) in [7, 11) is -3.71. The van der Waals surface area contributed by atoms with Gasteiger partial charge in [0.05, 0.1) is 17.0 Å². The highest BCUT2D eigenvalue weighted by Gasteiger charge is 2.16. The van der Waals surface area contributed by atoms with Crippen molar-refractivity contribution in [3.8, 4) is 0 Å². The van der Waals surface area contributed by atoms with Crippen LogP contribution in [0.1, 0.15) is 12.6 Å². The zero-order valence-electron chi connectivity index (χ0n) is 14.2. The Hall–Kier alpha value is -2.44. The quantitative estimate of drug-likeness (QED) is 0.473. The predicted molar refractivity (Wildman–Crippen MR) is 104 cm³/mol. The summed E-state index contributed by atoms with van der Waals surface area (Å²) in [6, 6.07) is 8.00. The Morgan fingerprint density at radius 1 is 1.26 bits per heavy atom. The summed E-state index contributed by atoms with van der Waals surface area (Å²) in [4.78, 5) is 20.5. The third kappa shape index (κ3) is 5.28. The van der Waals surface area contributed by atoms with Gasteiger partial charge < -0.3 is 0 Å². The van der Waals surface area contributed by atoms with Crippen molar-refractivity contribution in [1.29, 1.82) is 0 Å².